The molecule has 0 aromatic carbocycles. The first-order valence-electron chi connectivity index (χ1n) is 14.1. The quantitative estimate of drug-likeness (QED) is 0.0851. The Morgan fingerprint density at radius 2 is 0.567 bits per heavy atom. The van der Waals surface area contributed by atoms with Crippen molar-refractivity contribution in [2.75, 3.05) is 18.5 Å². The Hall–Kier alpha value is 0.910. The Bertz CT molecular complexity index is 276. The topological polar surface area (TPSA) is 0 Å². The maximum atomic E-state index is 2.36. The predicted molar refractivity (Wildman–Crippen MR) is 150 cm³/mol. The summed E-state index contributed by atoms with van der Waals surface area (Å²) in [4.78, 5) is 0. The Kier molecular flexibility index (Phi) is 33.0. The molecule has 0 bridgehead atoms. The molecule has 0 nitrogen and oxygen atoms in total. The van der Waals surface area contributed by atoms with Gasteiger partial charge in [-0.05, 0) is 24.9 Å². The largest absolute Gasteiger partial charge is 0.114 e. The Labute approximate surface area is 205 Å². The van der Waals surface area contributed by atoms with Gasteiger partial charge >= 0.3 is 0 Å². The molecule has 30 heavy (non-hydrogen) atoms. The van der Waals surface area contributed by atoms with Gasteiger partial charge in [-0.3, -0.25) is 0 Å². The average molecular weight is 508 g/mol. The SMILES string of the molecule is Br.CCCCCCCCCCCCCCCCCCCCCCP(CCC)CCC. The second-order valence-electron chi connectivity index (χ2n) is 9.56. The fourth-order valence-electron chi connectivity index (χ4n) is 4.56. The van der Waals surface area contributed by atoms with Gasteiger partial charge in [-0.2, -0.15) is 0 Å². The van der Waals surface area contributed by atoms with Crippen LogP contribution in [0.1, 0.15) is 162 Å². The van der Waals surface area contributed by atoms with Crippen LogP contribution >= 0.6 is 24.9 Å². The van der Waals surface area contributed by atoms with Gasteiger partial charge in [0.15, 0.2) is 0 Å². The monoisotopic (exact) mass is 506 g/mol. The van der Waals surface area contributed by atoms with E-state index in [0.29, 0.717) is 7.92 Å². The summed E-state index contributed by atoms with van der Waals surface area (Å²) in [5, 5.41) is 0. The van der Waals surface area contributed by atoms with Crippen molar-refractivity contribution in [2.45, 2.75) is 162 Å². The molecule has 0 aliphatic rings. The summed E-state index contributed by atoms with van der Waals surface area (Å²) in [5.74, 6) is 0. The van der Waals surface area contributed by atoms with Gasteiger partial charge in [0.05, 0.1) is 0 Å². The summed E-state index contributed by atoms with van der Waals surface area (Å²) >= 11 is 0. The summed E-state index contributed by atoms with van der Waals surface area (Å²) in [6, 6.07) is 0. The molecule has 0 aromatic heterocycles. The lowest BCUT2D eigenvalue weighted by Gasteiger charge is -2.15. The minimum atomic E-state index is 0. The number of rotatable bonds is 25. The van der Waals surface area contributed by atoms with Gasteiger partial charge in [-0.1, -0.05) is 156 Å². The maximum absolute atomic E-state index is 2.36. The number of halogens is 1. The van der Waals surface area contributed by atoms with Crippen LogP contribution in [0.4, 0.5) is 0 Å². The van der Waals surface area contributed by atoms with E-state index in [0.717, 1.165) is 0 Å². The van der Waals surface area contributed by atoms with Crippen molar-refractivity contribution in [3.05, 3.63) is 0 Å². The zero-order valence-corrected chi connectivity index (χ0v) is 24.1. The van der Waals surface area contributed by atoms with E-state index in [-0.39, 0.29) is 17.0 Å². The molecule has 0 aliphatic heterocycles. The summed E-state index contributed by atoms with van der Waals surface area (Å²) in [6.45, 7) is 7.03. The van der Waals surface area contributed by atoms with Crippen LogP contribution in [0.3, 0.4) is 0 Å². The van der Waals surface area contributed by atoms with E-state index in [1.807, 2.05) is 0 Å². The first-order valence-corrected chi connectivity index (χ1v) is 16.0. The van der Waals surface area contributed by atoms with E-state index in [4.69, 9.17) is 0 Å². The Balaban J connectivity index is 0. The summed E-state index contributed by atoms with van der Waals surface area (Å²) in [7, 11) is 0.393. The van der Waals surface area contributed by atoms with Crippen molar-refractivity contribution < 1.29 is 0 Å². The lowest BCUT2D eigenvalue weighted by Crippen LogP contribution is -1.94. The van der Waals surface area contributed by atoms with Crippen molar-refractivity contribution in [1.29, 1.82) is 0 Å². The smallest absolute Gasteiger partial charge is 0.0326 e. The van der Waals surface area contributed by atoms with Crippen molar-refractivity contribution in [2.24, 2.45) is 0 Å². The molecule has 184 valence electrons. The molecule has 0 atom stereocenters. The van der Waals surface area contributed by atoms with Crippen LogP contribution in [0.2, 0.25) is 0 Å². The predicted octanol–water partition coefficient (Wildman–Crippen LogP) is 11.7. The molecular formula is C28H60BrP. The van der Waals surface area contributed by atoms with Gasteiger partial charge in [0, 0.05) is 0 Å². The maximum Gasteiger partial charge on any atom is -0.0326 e. The highest BCUT2D eigenvalue weighted by Gasteiger charge is 2.04. The highest BCUT2D eigenvalue weighted by molar-refractivity contribution is 8.93. The minimum Gasteiger partial charge on any atom is -0.114 e. The van der Waals surface area contributed by atoms with Crippen molar-refractivity contribution >= 4 is 24.9 Å². The molecule has 0 heterocycles. The van der Waals surface area contributed by atoms with E-state index in [1.54, 1.807) is 6.16 Å². The first kappa shape index (κ1) is 33.1. The molecule has 0 N–H and O–H groups in total. The first-order chi connectivity index (χ1) is 14.3. The summed E-state index contributed by atoms with van der Waals surface area (Å²) in [6.07, 6.45) is 37.1. The van der Waals surface area contributed by atoms with E-state index < -0.39 is 0 Å². The van der Waals surface area contributed by atoms with Gasteiger partial charge in [-0.25, -0.2) is 0 Å². The van der Waals surface area contributed by atoms with Crippen LogP contribution in [-0.2, 0) is 0 Å². The highest BCUT2D eigenvalue weighted by Crippen LogP contribution is 2.38. The molecule has 0 aliphatic carbocycles. The number of hydrogen-bond donors (Lipinski definition) is 0. The molecular weight excluding hydrogens is 447 g/mol. The van der Waals surface area contributed by atoms with E-state index in [1.165, 1.54) is 154 Å². The van der Waals surface area contributed by atoms with E-state index in [2.05, 4.69) is 20.8 Å². The molecule has 0 saturated heterocycles. The Morgan fingerprint density at radius 3 is 0.833 bits per heavy atom. The minimum absolute atomic E-state index is 0. The van der Waals surface area contributed by atoms with E-state index >= 15 is 0 Å². The highest BCUT2D eigenvalue weighted by atomic mass is 79.9. The lowest BCUT2D eigenvalue weighted by molar-refractivity contribution is 0.523. The second-order valence-corrected chi connectivity index (χ2v) is 12.2. The Morgan fingerprint density at radius 1 is 0.300 bits per heavy atom. The fraction of sp³-hybridized carbons (Fsp3) is 1.00. The van der Waals surface area contributed by atoms with Crippen LogP contribution in [0.15, 0.2) is 0 Å². The van der Waals surface area contributed by atoms with Crippen LogP contribution in [0.5, 0.6) is 0 Å². The third-order valence-electron chi connectivity index (χ3n) is 6.41. The van der Waals surface area contributed by atoms with Crippen molar-refractivity contribution in [3.63, 3.8) is 0 Å². The van der Waals surface area contributed by atoms with Crippen LogP contribution in [0.25, 0.3) is 0 Å². The average Bonchev–Trinajstić information content (AvgIpc) is 2.72. The lowest BCUT2D eigenvalue weighted by atomic mass is 10.0. The van der Waals surface area contributed by atoms with Crippen molar-refractivity contribution in [3.8, 4) is 0 Å². The molecule has 0 fully saturated rings. The van der Waals surface area contributed by atoms with Gasteiger partial charge in [-0.15, -0.1) is 24.9 Å². The standard InChI is InChI=1S/C28H59P.BrH/c1-4-7-8-9-10-11-12-13-14-15-16-17-18-19-20-21-22-23-24-25-28-29(26-5-2)27-6-3;/h4-28H2,1-3H3;1H. The molecule has 0 saturated carbocycles. The van der Waals surface area contributed by atoms with Crippen LogP contribution < -0.4 is 0 Å². The molecule has 0 spiro atoms. The third-order valence-corrected chi connectivity index (χ3v) is 9.52. The third kappa shape index (κ3) is 26.9. The summed E-state index contributed by atoms with van der Waals surface area (Å²) < 4.78 is 0. The second kappa shape index (κ2) is 29.9. The molecule has 0 unspecified atom stereocenters. The van der Waals surface area contributed by atoms with E-state index in [9.17, 15) is 0 Å². The zero-order valence-electron chi connectivity index (χ0n) is 21.5. The van der Waals surface area contributed by atoms with Crippen LogP contribution in [0, 0.1) is 0 Å². The van der Waals surface area contributed by atoms with Gasteiger partial charge in [0.25, 0.3) is 0 Å². The molecule has 0 amide bonds. The van der Waals surface area contributed by atoms with Crippen molar-refractivity contribution in [1.82, 2.24) is 0 Å². The molecule has 0 aromatic rings. The van der Waals surface area contributed by atoms with Crippen LogP contribution in [-0.4, -0.2) is 18.5 Å². The number of unbranched alkanes of at least 4 members (excludes halogenated alkanes) is 19. The van der Waals surface area contributed by atoms with Gasteiger partial charge < -0.3 is 0 Å². The number of hydrogen-bond acceptors (Lipinski definition) is 0. The molecule has 0 radical (unpaired) electrons. The normalized spacial score (nSPS) is 11.2. The summed E-state index contributed by atoms with van der Waals surface area (Å²) in [5.41, 5.74) is 0. The molecule has 0 rings (SSSR count). The molecule has 2 heteroatoms. The van der Waals surface area contributed by atoms with Gasteiger partial charge in [0.2, 0.25) is 0 Å². The fourth-order valence-corrected chi connectivity index (χ4v) is 7.17. The van der Waals surface area contributed by atoms with Gasteiger partial charge in [0.1, 0.15) is 0 Å². The zero-order chi connectivity index (χ0) is 21.3.